The molecule has 0 aromatic heterocycles. The average Bonchev–Trinajstić information content (AvgIpc) is 2.98. The van der Waals surface area contributed by atoms with Crippen LogP contribution >= 0.6 is 58.5 Å². The zero-order valence-electron chi connectivity index (χ0n) is 24.8. The number of thiol groups is 1. The minimum absolute atomic E-state index is 0.00430. The second kappa shape index (κ2) is 20.4. The van der Waals surface area contributed by atoms with Crippen LogP contribution in [-0.4, -0.2) is 59.4 Å². The van der Waals surface area contributed by atoms with Crippen LogP contribution in [0.4, 0.5) is 0 Å². The number of rotatable bonds is 11. The molecule has 0 aliphatic carbocycles. The molecule has 0 saturated carbocycles. The van der Waals surface area contributed by atoms with Gasteiger partial charge < -0.3 is 9.84 Å². The third-order valence-corrected chi connectivity index (χ3v) is 10.0. The van der Waals surface area contributed by atoms with Crippen molar-refractivity contribution in [1.29, 1.82) is 0 Å². The molecule has 0 aliphatic heterocycles. The number of esters is 1. The van der Waals surface area contributed by atoms with Gasteiger partial charge in [-0.15, -0.1) is 0 Å². The Morgan fingerprint density at radius 2 is 1.57 bits per heavy atom. The monoisotopic (exact) mass is 767 g/mol. The predicted octanol–water partition coefficient (Wildman–Crippen LogP) is 6.15. The van der Waals surface area contributed by atoms with Crippen molar-refractivity contribution in [3.05, 3.63) is 93.5 Å². The van der Waals surface area contributed by atoms with Crippen LogP contribution in [0.25, 0.3) is 0 Å². The molecule has 46 heavy (non-hydrogen) atoms. The van der Waals surface area contributed by atoms with Crippen molar-refractivity contribution >= 4 is 96.3 Å². The maximum atomic E-state index is 12.8. The van der Waals surface area contributed by atoms with Crippen molar-refractivity contribution in [3.8, 4) is 0 Å². The van der Waals surface area contributed by atoms with Crippen molar-refractivity contribution in [3.63, 3.8) is 0 Å². The van der Waals surface area contributed by atoms with Gasteiger partial charge in [0.25, 0.3) is 9.05 Å². The number of carbonyl (C=O) groups excluding carboxylic acids is 2. The number of nitrogens with zero attached hydrogens (tertiary/aromatic N) is 1. The summed E-state index contributed by atoms with van der Waals surface area (Å²) >= 11 is 16.2. The number of ether oxygens (including phenoxy) is 1. The molecule has 0 spiro atoms. The Bertz CT molecular complexity index is 1690. The molecule has 3 rings (SSSR count). The number of hydrogen-bond acceptors (Lipinski definition) is 11. The second-order valence-corrected chi connectivity index (χ2v) is 15.7. The number of hydrogen-bond donors (Lipinski definition) is 3. The fraction of sp³-hybridized carbons (Fsp3) is 0.286. The molecule has 0 bridgehead atoms. The zero-order valence-corrected chi connectivity index (χ0v) is 30.4. The molecule has 0 saturated heterocycles. The van der Waals surface area contributed by atoms with E-state index < -0.39 is 43.8 Å². The number of nitrogens with one attached hydrogen (secondary N) is 1. The Labute approximate surface area is 294 Å². The van der Waals surface area contributed by atoms with Crippen LogP contribution in [-0.2, 0) is 34.4 Å². The number of carbonyl (C=O) groups is 2. The number of aliphatic hydroxyl groups is 1. The zero-order chi connectivity index (χ0) is 35.1. The van der Waals surface area contributed by atoms with Crippen LogP contribution in [0.15, 0.2) is 80.8 Å². The number of sulfonamides is 1. The Hall–Kier alpha value is -1.95. The summed E-state index contributed by atoms with van der Waals surface area (Å²) in [5.74, 6) is -0.480. The second-order valence-electron chi connectivity index (χ2n) is 9.20. The summed E-state index contributed by atoms with van der Waals surface area (Å²) in [6.07, 6.45) is -1.07. The van der Waals surface area contributed by atoms with E-state index in [1.165, 1.54) is 43.3 Å². The topological polar surface area (TPSA) is 156 Å². The fourth-order valence-electron chi connectivity index (χ4n) is 3.50. The molecule has 0 amide bonds. The van der Waals surface area contributed by atoms with E-state index >= 15 is 0 Å². The maximum absolute atomic E-state index is 12.8. The van der Waals surface area contributed by atoms with E-state index in [4.69, 9.17) is 38.6 Å². The van der Waals surface area contributed by atoms with Gasteiger partial charge in [0.1, 0.15) is 12.7 Å². The van der Waals surface area contributed by atoms with E-state index in [9.17, 15) is 31.5 Å². The fourth-order valence-corrected chi connectivity index (χ4v) is 6.88. The first-order valence-electron chi connectivity index (χ1n) is 13.1. The quantitative estimate of drug-likeness (QED) is 0.0901. The number of aryl methyl sites for hydroxylation is 1. The molecule has 0 heterocycles. The summed E-state index contributed by atoms with van der Waals surface area (Å²) in [6.45, 7) is 4.47. The van der Waals surface area contributed by atoms with Gasteiger partial charge in [0.05, 0.1) is 31.4 Å². The summed E-state index contributed by atoms with van der Waals surface area (Å²) in [5.41, 5.74) is 1.52. The van der Waals surface area contributed by atoms with Crippen LogP contribution < -0.4 is 4.72 Å². The van der Waals surface area contributed by atoms with Crippen LogP contribution in [0.2, 0.25) is 10.0 Å². The SMILES string of the molecule is CC[C@H](NS(=O)(=O)c1cccc(CSC(C)=O)c1)C(O)COC(=O)c1c(Cl)cccc1Cl.Cc1cccc(S(=O)(=O)Cl)c1.[B]=NS. The van der Waals surface area contributed by atoms with E-state index in [1.807, 2.05) is 13.0 Å². The van der Waals surface area contributed by atoms with Gasteiger partial charge in [-0.3, -0.25) is 4.79 Å². The van der Waals surface area contributed by atoms with Crippen LogP contribution in [0.5, 0.6) is 0 Å². The Morgan fingerprint density at radius 1 is 1.02 bits per heavy atom. The van der Waals surface area contributed by atoms with Crippen molar-refractivity contribution in [2.45, 2.75) is 54.9 Å². The van der Waals surface area contributed by atoms with E-state index in [-0.39, 0.29) is 36.9 Å². The Kier molecular flexibility index (Phi) is 18.7. The van der Waals surface area contributed by atoms with Gasteiger partial charge in [0.2, 0.25) is 10.0 Å². The van der Waals surface area contributed by atoms with Crippen LogP contribution in [0.3, 0.4) is 0 Å². The summed E-state index contributed by atoms with van der Waals surface area (Å²) in [5, 5.41) is 10.6. The van der Waals surface area contributed by atoms with E-state index in [2.05, 4.69) is 29.5 Å². The number of thioether (sulfide) groups is 1. The van der Waals surface area contributed by atoms with Crippen molar-refractivity contribution in [1.82, 2.24) is 4.72 Å². The number of benzene rings is 3. The van der Waals surface area contributed by atoms with Gasteiger partial charge in [-0.1, -0.05) is 72.2 Å². The first-order valence-corrected chi connectivity index (χ1v) is 19.0. The van der Waals surface area contributed by atoms with Gasteiger partial charge in [0, 0.05) is 23.4 Å². The first kappa shape index (κ1) is 42.1. The molecule has 0 aliphatic rings. The average molecular weight is 769 g/mol. The number of aliphatic hydroxyl groups excluding tert-OH is 1. The van der Waals surface area contributed by atoms with Gasteiger partial charge in [-0.2, -0.15) is 0 Å². The van der Waals surface area contributed by atoms with Gasteiger partial charge in [-0.25, -0.2) is 26.4 Å². The number of halogens is 3. The van der Waals surface area contributed by atoms with Gasteiger partial charge >= 0.3 is 30.7 Å². The normalized spacial score (nSPS) is 12.3. The Balaban J connectivity index is 0.000000625. The standard InChI is InChI=1S/C21H23Cl2NO6S2.C7H7ClO2S.BHNS/c1-3-18(19(26)11-30-21(27)20-16(22)8-5-9-17(20)23)24-32(28,29)15-7-4-6-14(10-15)12-31-13(2)25;1-6-3-2-4-7(5-6)11(8,9)10;1-2-3/h4-10,18-19,24,26H,3,11-12H2,1-2H3;2-5H,1H3;3H/t18-,19?;;/m0../s1. The molecule has 2 atom stereocenters. The van der Waals surface area contributed by atoms with Crippen molar-refractivity contribution in [2.24, 2.45) is 4.30 Å². The summed E-state index contributed by atoms with van der Waals surface area (Å²) < 4.78 is 57.4. The summed E-state index contributed by atoms with van der Waals surface area (Å²) in [4.78, 5) is 23.6. The minimum atomic E-state index is -3.97. The molecule has 0 fully saturated rings. The van der Waals surface area contributed by atoms with E-state index in [1.54, 1.807) is 31.2 Å². The molecule has 18 heteroatoms. The third kappa shape index (κ3) is 14.9. The molecular formula is C28H31BCl3N2O8S4. The van der Waals surface area contributed by atoms with Gasteiger partial charge in [-0.05, 0) is 60.9 Å². The predicted molar refractivity (Wildman–Crippen MR) is 187 cm³/mol. The van der Waals surface area contributed by atoms with Crippen LogP contribution in [0.1, 0.15) is 41.8 Å². The molecule has 3 aromatic carbocycles. The first-order chi connectivity index (χ1) is 21.5. The third-order valence-electron chi connectivity index (χ3n) is 5.68. The molecular weight excluding hydrogens is 738 g/mol. The summed E-state index contributed by atoms with van der Waals surface area (Å²) in [7, 11) is 1.92. The Morgan fingerprint density at radius 3 is 2.07 bits per heavy atom. The van der Waals surface area contributed by atoms with Crippen LogP contribution in [0, 0.1) is 6.92 Å². The summed E-state index contributed by atoms with van der Waals surface area (Å²) in [6, 6.07) is 16.3. The molecule has 10 nitrogen and oxygen atoms in total. The molecule has 3 aromatic rings. The molecule has 2 N–H and O–H groups in total. The van der Waals surface area contributed by atoms with E-state index in [0.717, 1.165) is 17.3 Å². The van der Waals surface area contributed by atoms with Crippen molar-refractivity contribution in [2.75, 3.05) is 6.61 Å². The molecule has 1 unspecified atom stereocenters. The van der Waals surface area contributed by atoms with Gasteiger partial charge in [0.15, 0.2) is 5.12 Å². The molecule has 249 valence electrons. The van der Waals surface area contributed by atoms with E-state index in [0.29, 0.717) is 11.3 Å². The van der Waals surface area contributed by atoms with Crippen molar-refractivity contribution < 1.29 is 36.3 Å². The molecule has 1 radical (unpaired) electrons.